The van der Waals surface area contributed by atoms with E-state index < -0.39 is 0 Å². The van der Waals surface area contributed by atoms with Gasteiger partial charge in [-0.3, -0.25) is 4.79 Å². The second-order valence-electron chi connectivity index (χ2n) is 4.78. The molecule has 0 saturated carbocycles. The van der Waals surface area contributed by atoms with E-state index in [-0.39, 0.29) is 5.91 Å². The Morgan fingerprint density at radius 2 is 2.16 bits per heavy atom. The second-order valence-corrected chi connectivity index (χ2v) is 4.78. The molecule has 1 rings (SSSR count). The summed E-state index contributed by atoms with van der Waals surface area (Å²) < 4.78 is 2.05. The van der Waals surface area contributed by atoms with Gasteiger partial charge in [-0.2, -0.15) is 0 Å². The highest BCUT2D eigenvalue weighted by Gasteiger charge is 2.07. The number of imidazole rings is 1. The van der Waals surface area contributed by atoms with Crippen LogP contribution in [-0.2, 0) is 18.4 Å². The van der Waals surface area contributed by atoms with Gasteiger partial charge in [-0.15, -0.1) is 0 Å². The van der Waals surface area contributed by atoms with Crippen molar-refractivity contribution in [3.8, 4) is 0 Å². The van der Waals surface area contributed by atoms with E-state index >= 15 is 0 Å². The molecule has 1 aromatic rings. The molecule has 0 aliphatic rings. The molecule has 6 heteroatoms. The first-order valence-corrected chi connectivity index (χ1v) is 6.71. The third-order valence-electron chi connectivity index (χ3n) is 2.87. The van der Waals surface area contributed by atoms with Crippen LogP contribution in [0.3, 0.4) is 0 Å². The highest BCUT2D eigenvalue weighted by atomic mass is 16.1. The van der Waals surface area contributed by atoms with Gasteiger partial charge < -0.3 is 20.1 Å². The topological polar surface area (TPSA) is 62.2 Å². The number of carbonyl (C=O) groups excluding carboxylic acids is 1. The predicted octanol–water partition coefficient (Wildman–Crippen LogP) is 0.492. The molecule has 1 heterocycles. The molecule has 0 aliphatic carbocycles. The van der Waals surface area contributed by atoms with E-state index in [4.69, 9.17) is 0 Å². The summed E-state index contributed by atoms with van der Waals surface area (Å²) in [6.45, 7) is 4.20. The van der Waals surface area contributed by atoms with Crippen LogP contribution in [0, 0.1) is 0 Å². The van der Waals surface area contributed by atoms with Gasteiger partial charge in [0.15, 0.2) is 0 Å². The summed E-state index contributed by atoms with van der Waals surface area (Å²) in [5.41, 5.74) is 1.11. The van der Waals surface area contributed by atoms with Gasteiger partial charge in [0.05, 0.1) is 11.9 Å². The van der Waals surface area contributed by atoms with Crippen LogP contribution in [0.5, 0.6) is 0 Å². The molecule has 0 aromatic carbocycles. The normalized spacial score (nSPS) is 10.5. The number of hydrogen-bond donors (Lipinski definition) is 2. The third-order valence-corrected chi connectivity index (χ3v) is 2.87. The molecule has 0 aliphatic heterocycles. The Bertz CT molecular complexity index is 400. The molecule has 108 valence electrons. The summed E-state index contributed by atoms with van der Waals surface area (Å²) in [6, 6.07) is 0. The average Bonchev–Trinajstić information content (AvgIpc) is 2.74. The summed E-state index contributed by atoms with van der Waals surface area (Å²) in [6.07, 6.45) is 3.35. The lowest BCUT2D eigenvalue weighted by Gasteiger charge is -2.12. The van der Waals surface area contributed by atoms with Crippen LogP contribution >= 0.6 is 0 Å². The molecular formula is C13H25N5O. The number of carbonyl (C=O) groups is 1. The zero-order valence-corrected chi connectivity index (χ0v) is 12.4. The fourth-order valence-electron chi connectivity index (χ4n) is 1.78. The van der Waals surface area contributed by atoms with Gasteiger partial charge in [-0.25, -0.2) is 4.98 Å². The van der Waals surface area contributed by atoms with E-state index in [2.05, 4.69) is 15.6 Å². The van der Waals surface area contributed by atoms with Crippen LogP contribution in [-0.4, -0.2) is 42.6 Å². The second kappa shape index (κ2) is 7.78. The Hall–Kier alpha value is -1.56. The van der Waals surface area contributed by atoms with Gasteiger partial charge in [0.25, 0.3) is 0 Å². The number of hydrogen-bond acceptors (Lipinski definition) is 4. The maximum absolute atomic E-state index is 11.4. The predicted molar refractivity (Wildman–Crippen MR) is 77.2 cm³/mol. The smallest absolute Gasteiger partial charge is 0.221 e. The number of rotatable bonds is 8. The van der Waals surface area contributed by atoms with Crippen LogP contribution in [0.25, 0.3) is 0 Å². The monoisotopic (exact) mass is 267 g/mol. The molecule has 0 spiro atoms. The SMILES string of the molecule is CCCNC(=O)CCNCc1cnc(N(C)C)n1C. The number of nitrogens with one attached hydrogen (secondary N) is 2. The van der Waals surface area contributed by atoms with Gasteiger partial charge in [-0.1, -0.05) is 6.92 Å². The van der Waals surface area contributed by atoms with Crippen molar-refractivity contribution in [2.45, 2.75) is 26.3 Å². The standard InChI is InChI=1S/C13H25N5O/c1-5-7-15-12(19)6-8-14-9-11-10-16-13(17(2)3)18(11)4/h10,14H,5-9H2,1-4H3,(H,15,19). The Kier molecular flexibility index (Phi) is 6.35. The van der Waals surface area contributed by atoms with E-state index in [1.807, 2.05) is 43.7 Å². The van der Waals surface area contributed by atoms with Gasteiger partial charge >= 0.3 is 0 Å². The van der Waals surface area contributed by atoms with Crippen molar-refractivity contribution in [3.05, 3.63) is 11.9 Å². The zero-order valence-electron chi connectivity index (χ0n) is 12.4. The lowest BCUT2D eigenvalue weighted by molar-refractivity contribution is -0.120. The van der Waals surface area contributed by atoms with Crippen LogP contribution in [0.2, 0.25) is 0 Å². The molecule has 0 atom stereocenters. The lowest BCUT2D eigenvalue weighted by atomic mass is 10.3. The Morgan fingerprint density at radius 3 is 2.74 bits per heavy atom. The van der Waals surface area contributed by atoms with Gasteiger partial charge in [0.2, 0.25) is 11.9 Å². The number of amides is 1. The van der Waals surface area contributed by atoms with Crippen LogP contribution < -0.4 is 15.5 Å². The Labute approximate surface area is 115 Å². The molecule has 1 amide bonds. The third kappa shape index (κ3) is 4.90. The van der Waals surface area contributed by atoms with Crippen molar-refractivity contribution in [2.75, 3.05) is 32.1 Å². The highest BCUT2D eigenvalue weighted by Crippen LogP contribution is 2.10. The quantitative estimate of drug-likeness (QED) is 0.673. The first-order chi connectivity index (χ1) is 9.06. The number of aromatic nitrogens is 2. The Morgan fingerprint density at radius 1 is 1.42 bits per heavy atom. The summed E-state index contributed by atoms with van der Waals surface area (Å²) in [5, 5.41) is 6.12. The first-order valence-electron chi connectivity index (χ1n) is 6.71. The summed E-state index contributed by atoms with van der Waals surface area (Å²) >= 11 is 0. The highest BCUT2D eigenvalue weighted by molar-refractivity contribution is 5.75. The number of nitrogens with zero attached hydrogens (tertiary/aromatic N) is 3. The molecular weight excluding hydrogens is 242 g/mol. The molecule has 0 saturated heterocycles. The van der Waals surface area contributed by atoms with Crippen molar-refractivity contribution in [1.29, 1.82) is 0 Å². The van der Waals surface area contributed by atoms with Crippen LogP contribution in [0.15, 0.2) is 6.20 Å². The molecule has 2 N–H and O–H groups in total. The van der Waals surface area contributed by atoms with Crippen molar-refractivity contribution in [1.82, 2.24) is 20.2 Å². The fourth-order valence-corrected chi connectivity index (χ4v) is 1.78. The van der Waals surface area contributed by atoms with E-state index in [1.165, 1.54) is 0 Å². The van der Waals surface area contributed by atoms with Crippen LogP contribution in [0.1, 0.15) is 25.5 Å². The van der Waals surface area contributed by atoms with E-state index in [9.17, 15) is 4.79 Å². The maximum atomic E-state index is 11.4. The summed E-state index contributed by atoms with van der Waals surface area (Å²) in [7, 11) is 5.93. The fraction of sp³-hybridized carbons (Fsp3) is 0.692. The summed E-state index contributed by atoms with van der Waals surface area (Å²) in [5.74, 6) is 1.03. The Balaban J connectivity index is 2.28. The van der Waals surface area contributed by atoms with Crippen LogP contribution in [0.4, 0.5) is 5.95 Å². The minimum Gasteiger partial charge on any atom is -0.356 e. The van der Waals surface area contributed by atoms with E-state index in [0.29, 0.717) is 13.0 Å². The largest absolute Gasteiger partial charge is 0.356 e. The van der Waals surface area contributed by atoms with E-state index in [0.717, 1.165) is 31.2 Å². The molecule has 0 unspecified atom stereocenters. The van der Waals surface area contributed by atoms with Gasteiger partial charge in [0, 0.05) is 47.2 Å². The number of anilines is 1. The van der Waals surface area contributed by atoms with Crippen molar-refractivity contribution in [2.24, 2.45) is 7.05 Å². The van der Waals surface area contributed by atoms with Crippen molar-refractivity contribution in [3.63, 3.8) is 0 Å². The van der Waals surface area contributed by atoms with Gasteiger partial charge in [0.1, 0.15) is 0 Å². The minimum absolute atomic E-state index is 0.105. The minimum atomic E-state index is 0.105. The molecule has 0 fully saturated rings. The van der Waals surface area contributed by atoms with Gasteiger partial charge in [-0.05, 0) is 6.42 Å². The lowest BCUT2D eigenvalue weighted by Crippen LogP contribution is -2.28. The maximum Gasteiger partial charge on any atom is 0.221 e. The molecule has 0 radical (unpaired) electrons. The summed E-state index contributed by atoms with van der Waals surface area (Å²) in [4.78, 5) is 17.7. The molecule has 6 nitrogen and oxygen atoms in total. The first kappa shape index (κ1) is 15.5. The molecule has 1 aromatic heterocycles. The molecule has 19 heavy (non-hydrogen) atoms. The van der Waals surface area contributed by atoms with Crippen molar-refractivity contribution < 1.29 is 4.79 Å². The average molecular weight is 267 g/mol. The molecule has 0 bridgehead atoms. The van der Waals surface area contributed by atoms with E-state index in [1.54, 1.807) is 0 Å². The zero-order chi connectivity index (χ0) is 14.3. The van der Waals surface area contributed by atoms with Crippen molar-refractivity contribution >= 4 is 11.9 Å².